The van der Waals surface area contributed by atoms with Gasteiger partial charge in [0.2, 0.25) is 11.8 Å². The Kier molecular flexibility index (Phi) is 6.96. The first-order chi connectivity index (χ1) is 11.8. The van der Waals surface area contributed by atoms with Gasteiger partial charge in [0.25, 0.3) is 0 Å². The summed E-state index contributed by atoms with van der Waals surface area (Å²) in [7, 11) is 3.44. The first-order valence-electron chi connectivity index (χ1n) is 8.80. The van der Waals surface area contributed by atoms with Gasteiger partial charge in [-0.1, -0.05) is 29.8 Å². The van der Waals surface area contributed by atoms with E-state index in [2.05, 4.69) is 5.32 Å². The van der Waals surface area contributed by atoms with Crippen LogP contribution in [-0.2, 0) is 16.0 Å². The van der Waals surface area contributed by atoms with Gasteiger partial charge < -0.3 is 15.3 Å². The van der Waals surface area contributed by atoms with E-state index in [9.17, 15) is 14.7 Å². The van der Waals surface area contributed by atoms with Crippen molar-refractivity contribution in [2.45, 2.75) is 38.3 Å². The Balaban J connectivity index is 1.74. The summed E-state index contributed by atoms with van der Waals surface area (Å²) in [5, 5.41) is 13.2. The standard InChI is InChI=1S/C19H29N3O3/c1-14-4-6-15(7-5-14)8-9-18(24)20-16-10-11-22(12-17(16)23)13-19(25)21(2)3/h4-7,16-17,23H,8-13H2,1-3H3,(H,20,24)/t16-,17-/m1/s1. The third-order valence-electron chi connectivity index (χ3n) is 4.63. The lowest BCUT2D eigenvalue weighted by molar-refractivity contribution is -0.131. The second-order valence-electron chi connectivity index (χ2n) is 7.04. The molecule has 0 radical (unpaired) electrons. The van der Waals surface area contributed by atoms with Crippen molar-refractivity contribution in [1.82, 2.24) is 15.1 Å². The van der Waals surface area contributed by atoms with Crippen LogP contribution in [0.5, 0.6) is 0 Å². The molecule has 1 fully saturated rings. The number of rotatable bonds is 6. The van der Waals surface area contributed by atoms with Gasteiger partial charge in [-0.25, -0.2) is 0 Å². The Labute approximate surface area is 149 Å². The Bertz CT molecular complexity index is 586. The van der Waals surface area contributed by atoms with E-state index in [1.165, 1.54) is 5.56 Å². The SMILES string of the molecule is Cc1ccc(CCC(=O)N[C@@H]2CCN(CC(=O)N(C)C)C[C@H]2O)cc1. The van der Waals surface area contributed by atoms with Crippen LogP contribution < -0.4 is 5.32 Å². The number of likely N-dealkylation sites (tertiary alicyclic amines) is 1. The zero-order valence-electron chi connectivity index (χ0n) is 15.4. The van der Waals surface area contributed by atoms with Crippen molar-refractivity contribution in [3.8, 4) is 0 Å². The first kappa shape index (κ1) is 19.4. The number of benzene rings is 1. The van der Waals surface area contributed by atoms with Crippen LogP contribution in [-0.4, -0.2) is 72.6 Å². The van der Waals surface area contributed by atoms with E-state index in [-0.39, 0.29) is 17.9 Å². The lowest BCUT2D eigenvalue weighted by Gasteiger charge is -2.36. The van der Waals surface area contributed by atoms with Crippen LogP contribution in [0.3, 0.4) is 0 Å². The molecule has 0 aliphatic carbocycles. The molecule has 1 aliphatic rings. The third-order valence-corrected chi connectivity index (χ3v) is 4.63. The molecule has 6 nitrogen and oxygen atoms in total. The number of hydrogen-bond donors (Lipinski definition) is 2. The highest BCUT2D eigenvalue weighted by Gasteiger charge is 2.29. The van der Waals surface area contributed by atoms with E-state index in [4.69, 9.17) is 0 Å². The van der Waals surface area contributed by atoms with E-state index in [1.54, 1.807) is 19.0 Å². The molecule has 2 rings (SSSR count). The Morgan fingerprint density at radius 2 is 1.96 bits per heavy atom. The highest BCUT2D eigenvalue weighted by molar-refractivity contribution is 5.78. The smallest absolute Gasteiger partial charge is 0.236 e. The van der Waals surface area contributed by atoms with Crippen LogP contribution >= 0.6 is 0 Å². The molecular formula is C19H29N3O3. The van der Waals surface area contributed by atoms with Gasteiger partial charge >= 0.3 is 0 Å². The van der Waals surface area contributed by atoms with Crippen molar-refractivity contribution < 1.29 is 14.7 Å². The summed E-state index contributed by atoms with van der Waals surface area (Å²) in [6.07, 6.45) is 1.11. The second-order valence-corrected chi connectivity index (χ2v) is 7.04. The van der Waals surface area contributed by atoms with Crippen LogP contribution in [0.2, 0.25) is 0 Å². The number of hydrogen-bond acceptors (Lipinski definition) is 4. The highest BCUT2D eigenvalue weighted by Crippen LogP contribution is 2.12. The highest BCUT2D eigenvalue weighted by atomic mass is 16.3. The van der Waals surface area contributed by atoms with Crippen molar-refractivity contribution in [2.24, 2.45) is 0 Å². The summed E-state index contributed by atoms with van der Waals surface area (Å²) in [5.41, 5.74) is 2.34. The number of β-amino-alcohol motifs (C(OH)–C–C–N with tert-alkyl or cyclic N) is 1. The second kappa shape index (κ2) is 8.97. The number of nitrogens with one attached hydrogen (secondary N) is 1. The van der Waals surface area contributed by atoms with Gasteiger partial charge in [-0.2, -0.15) is 0 Å². The number of amides is 2. The average molecular weight is 347 g/mol. The predicted octanol–water partition coefficient (Wildman–Crippen LogP) is 0.567. The summed E-state index contributed by atoms with van der Waals surface area (Å²) < 4.78 is 0. The number of piperidine rings is 1. The fourth-order valence-corrected chi connectivity index (χ4v) is 2.93. The van der Waals surface area contributed by atoms with Crippen LogP contribution in [0.4, 0.5) is 0 Å². The third kappa shape index (κ3) is 6.14. The molecule has 1 aliphatic heterocycles. The predicted molar refractivity (Wildman–Crippen MR) is 97.2 cm³/mol. The first-order valence-corrected chi connectivity index (χ1v) is 8.80. The largest absolute Gasteiger partial charge is 0.390 e. The van der Waals surface area contributed by atoms with Gasteiger partial charge in [-0.15, -0.1) is 0 Å². The molecule has 1 saturated heterocycles. The Hall–Kier alpha value is -1.92. The zero-order valence-corrected chi connectivity index (χ0v) is 15.4. The van der Waals surface area contributed by atoms with Gasteiger partial charge in [0.1, 0.15) is 0 Å². The van der Waals surface area contributed by atoms with E-state index in [0.29, 0.717) is 38.9 Å². The summed E-state index contributed by atoms with van der Waals surface area (Å²) in [4.78, 5) is 27.4. The lowest BCUT2D eigenvalue weighted by atomic mass is 10.0. The molecule has 2 amide bonds. The number of likely N-dealkylation sites (N-methyl/N-ethyl adjacent to an activating group) is 1. The van der Waals surface area contributed by atoms with Gasteiger partial charge in [0, 0.05) is 33.6 Å². The van der Waals surface area contributed by atoms with E-state index in [1.807, 2.05) is 36.1 Å². The molecule has 6 heteroatoms. The number of carbonyl (C=O) groups excluding carboxylic acids is 2. The van der Waals surface area contributed by atoms with Crippen molar-refractivity contribution in [3.63, 3.8) is 0 Å². The summed E-state index contributed by atoms with van der Waals surface area (Å²) in [5.74, 6) is -0.0183. The van der Waals surface area contributed by atoms with Gasteiger partial charge in [0.15, 0.2) is 0 Å². The normalized spacial score (nSPS) is 21.0. The maximum atomic E-state index is 12.1. The molecule has 1 heterocycles. The van der Waals surface area contributed by atoms with Crippen molar-refractivity contribution in [3.05, 3.63) is 35.4 Å². The van der Waals surface area contributed by atoms with E-state index < -0.39 is 6.10 Å². The topological polar surface area (TPSA) is 72.9 Å². The zero-order chi connectivity index (χ0) is 18.4. The maximum absolute atomic E-state index is 12.1. The number of nitrogens with zero attached hydrogens (tertiary/aromatic N) is 2. The van der Waals surface area contributed by atoms with Gasteiger partial charge in [-0.05, 0) is 25.3 Å². The van der Waals surface area contributed by atoms with Crippen LogP contribution in [0.15, 0.2) is 24.3 Å². The summed E-state index contributed by atoms with van der Waals surface area (Å²) in [6.45, 7) is 3.44. The fourth-order valence-electron chi connectivity index (χ4n) is 2.93. The number of aliphatic hydroxyl groups is 1. The minimum Gasteiger partial charge on any atom is -0.390 e. The summed E-state index contributed by atoms with van der Waals surface area (Å²) in [6, 6.07) is 7.93. The molecule has 0 saturated carbocycles. The van der Waals surface area contributed by atoms with E-state index >= 15 is 0 Å². The van der Waals surface area contributed by atoms with E-state index in [0.717, 1.165) is 5.56 Å². The van der Waals surface area contributed by atoms with Crippen LogP contribution in [0, 0.1) is 6.92 Å². The summed E-state index contributed by atoms with van der Waals surface area (Å²) >= 11 is 0. The monoisotopic (exact) mass is 347 g/mol. The molecule has 1 aromatic rings. The molecule has 0 spiro atoms. The van der Waals surface area contributed by atoms with Crippen molar-refractivity contribution in [2.75, 3.05) is 33.7 Å². The van der Waals surface area contributed by atoms with Crippen LogP contribution in [0.1, 0.15) is 24.0 Å². The Morgan fingerprint density at radius 1 is 1.28 bits per heavy atom. The average Bonchev–Trinajstić information content (AvgIpc) is 2.56. The van der Waals surface area contributed by atoms with Crippen molar-refractivity contribution in [1.29, 1.82) is 0 Å². The van der Waals surface area contributed by atoms with Gasteiger partial charge in [0.05, 0.1) is 18.7 Å². The number of aliphatic hydroxyl groups excluding tert-OH is 1. The molecule has 25 heavy (non-hydrogen) atoms. The fraction of sp³-hybridized carbons (Fsp3) is 0.579. The molecular weight excluding hydrogens is 318 g/mol. The minimum atomic E-state index is -0.646. The molecule has 2 atom stereocenters. The molecule has 1 aromatic carbocycles. The lowest BCUT2D eigenvalue weighted by Crippen LogP contribution is -2.55. The molecule has 2 N–H and O–H groups in total. The quantitative estimate of drug-likeness (QED) is 0.789. The molecule has 0 aromatic heterocycles. The van der Waals surface area contributed by atoms with Crippen LogP contribution in [0.25, 0.3) is 0 Å². The van der Waals surface area contributed by atoms with Gasteiger partial charge in [-0.3, -0.25) is 14.5 Å². The molecule has 0 unspecified atom stereocenters. The minimum absolute atomic E-state index is 0.0211. The molecule has 0 bridgehead atoms. The maximum Gasteiger partial charge on any atom is 0.236 e. The Morgan fingerprint density at radius 3 is 2.56 bits per heavy atom. The number of aryl methyl sites for hydroxylation is 2. The number of carbonyl (C=O) groups is 2. The molecule has 138 valence electrons. The van der Waals surface area contributed by atoms with Crippen molar-refractivity contribution >= 4 is 11.8 Å².